The highest BCUT2D eigenvalue weighted by Gasteiger charge is 2.10. The lowest BCUT2D eigenvalue weighted by atomic mass is 10.3. The summed E-state index contributed by atoms with van der Waals surface area (Å²) in [6, 6.07) is 4.61. The number of halogens is 1. The SMILES string of the molecule is COc1c(F)cccc1OC(C)C. The van der Waals surface area contributed by atoms with Crippen molar-refractivity contribution in [3.63, 3.8) is 0 Å². The Labute approximate surface area is 77.3 Å². The van der Waals surface area contributed by atoms with Gasteiger partial charge in [-0.2, -0.15) is 0 Å². The summed E-state index contributed by atoms with van der Waals surface area (Å²) in [6.07, 6.45) is 0.00991. The second-order valence-electron chi connectivity index (χ2n) is 2.94. The first-order valence-corrected chi connectivity index (χ1v) is 4.14. The summed E-state index contributed by atoms with van der Waals surface area (Å²) in [7, 11) is 1.42. The van der Waals surface area contributed by atoms with Crippen LogP contribution in [-0.4, -0.2) is 13.2 Å². The van der Waals surface area contributed by atoms with E-state index in [1.165, 1.54) is 13.2 Å². The Balaban J connectivity index is 2.98. The average molecular weight is 184 g/mol. The molecule has 0 N–H and O–H groups in total. The molecule has 0 aromatic heterocycles. The van der Waals surface area contributed by atoms with Crippen LogP contribution in [0.25, 0.3) is 0 Å². The Morgan fingerprint density at radius 2 is 2.00 bits per heavy atom. The third-order valence-corrected chi connectivity index (χ3v) is 1.50. The van der Waals surface area contributed by atoms with E-state index in [0.29, 0.717) is 5.75 Å². The highest BCUT2D eigenvalue weighted by molar-refractivity contribution is 5.40. The van der Waals surface area contributed by atoms with Crippen molar-refractivity contribution in [2.75, 3.05) is 7.11 Å². The molecule has 0 heterocycles. The summed E-state index contributed by atoms with van der Waals surface area (Å²) in [4.78, 5) is 0. The van der Waals surface area contributed by atoms with Gasteiger partial charge in [0.2, 0.25) is 0 Å². The van der Waals surface area contributed by atoms with Gasteiger partial charge in [0, 0.05) is 0 Å². The number of methoxy groups -OCH3 is 1. The van der Waals surface area contributed by atoms with Crippen molar-refractivity contribution in [1.29, 1.82) is 0 Å². The van der Waals surface area contributed by atoms with E-state index in [4.69, 9.17) is 9.47 Å². The number of rotatable bonds is 3. The van der Waals surface area contributed by atoms with Gasteiger partial charge in [-0.25, -0.2) is 4.39 Å². The molecule has 1 rings (SSSR count). The van der Waals surface area contributed by atoms with Gasteiger partial charge < -0.3 is 9.47 Å². The molecule has 0 fully saturated rings. The molecular formula is C10H13FO2. The molecule has 0 amide bonds. The molecule has 0 radical (unpaired) electrons. The van der Waals surface area contributed by atoms with Crippen LogP contribution in [0.5, 0.6) is 11.5 Å². The van der Waals surface area contributed by atoms with E-state index in [-0.39, 0.29) is 11.9 Å². The van der Waals surface area contributed by atoms with Crippen LogP contribution in [0.15, 0.2) is 18.2 Å². The predicted octanol–water partition coefficient (Wildman–Crippen LogP) is 2.62. The molecule has 0 aliphatic rings. The average Bonchev–Trinajstić information content (AvgIpc) is 2.03. The highest BCUT2D eigenvalue weighted by atomic mass is 19.1. The molecule has 0 saturated heterocycles. The van der Waals surface area contributed by atoms with Crippen LogP contribution < -0.4 is 9.47 Å². The molecule has 0 bridgehead atoms. The summed E-state index contributed by atoms with van der Waals surface area (Å²) < 4.78 is 23.3. The molecule has 0 saturated carbocycles. The molecule has 13 heavy (non-hydrogen) atoms. The summed E-state index contributed by atoms with van der Waals surface area (Å²) in [5.74, 6) is 0.203. The van der Waals surface area contributed by atoms with E-state index in [2.05, 4.69) is 0 Å². The Morgan fingerprint density at radius 1 is 1.31 bits per heavy atom. The van der Waals surface area contributed by atoms with Crippen LogP contribution in [-0.2, 0) is 0 Å². The summed E-state index contributed by atoms with van der Waals surface area (Å²) >= 11 is 0. The predicted molar refractivity (Wildman–Crippen MR) is 48.7 cm³/mol. The lowest BCUT2D eigenvalue weighted by molar-refractivity contribution is 0.227. The molecule has 1 aromatic carbocycles. The zero-order chi connectivity index (χ0) is 9.84. The van der Waals surface area contributed by atoms with E-state index in [1.54, 1.807) is 12.1 Å². The lowest BCUT2D eigenvalue weighted by Gasteiger charge is -2.13. The topological polar surface area (TPSA) is 18.5 Å². The molecule has 0 unspecified atom stereocenters. The maximum absolute atomic E-state index is 13.1. The van der Waals surface area contributed by atoms with E-state index in [0.717, 1.165) is 0 Å². The number of benzene rings is 1. The quantitative estimate of drug-likeness (QED) is 0.718. The third-order valence-electron chi connectivity index (χ3n) is 1.50. The van der Waals surface area contributed by atoms with Crippen LogP contribution in [0.3, 0.4) is 0 Å². The number of hydrogen-bond acceptors (Lipinski definition) is 2. The first kappa shape index (κ1) is 9.84. The van der Waals surface area contributed by atoms with Crippen molar-refractivity contribution in [2.24, 2.45) is 0 Å². The Bertz CT molecular complexity index is 284. The lowest BCUT2D eigenvalue weighted by Crippen LogP contribution is -2.07. The van der Waals surface area contributed by atoms with Crippen molar-refractivity contribution in [3.05, 3.63) is 24.0 Å². The van der Waals surface area contributed by atoms with Crippen LogP contribution in [0.2, 0.25) is 0 Å². The van der Waals surface area contributed by atoms with Crippen molar-refractivity contribution in [1.82, 2.24) is 0 Å². The van der Waals surface area contributed by atoms with Crippen LogP contribution in [0.1, 0.15) is 13.8 Å². The van der Waals surface area contributed by atoms with E-state index in [1.807, 2.05) is 13.8 Å². The van der Waals surface area contributed by atoms with Gasteiger partial charge in [0.05, 0.1) is 13.2 Å². The van der Waals surface area contributed by atoms with Gasteiger partial charge in [0.25, 0.3) is 0 Å². The molecule has 0 aliphatic heterocycles. The maximum Gasteiger partial charge on any atom is 0.196 e. The van der Waals surface area contributed by atoms with Crippen molar-refractivity contribution >= 4 is 0 Å². The van der Waals surface area contributed by atoms with Crippen LogP contribution in [0, 0.1) is 5.82 Å². The molecule has 2 nitrogen and oxygen atoms in total. The smallest absolute Gasteiger partial charge is 0.196 e. The maximum atomic E-state index is 13.1. The van der Waals surface area contributed by atoms with Crippen LogP contribution in [0.4, 0.5) is 4.39 Å². The Kier molecular flexibility index (Phi) is 3.12. The fourth-order valence-electron chi connectivity index (χ4n) is 1.03. The zero-order valence-electron chi connectivity index (χ0n) is 8.00. The van der Waals surface area contributed by atoms with Gasteiger partial charge in [0.15, 0.2) is 17.3 Å². The summed E-state index contributed by atoms with van der Waals surface area (Å²) in [5.41, 5.74) is 0. The first-order chi connectivity index (χ1) is 6.15. The van der Waals surface area contributed by atoms with Gasteiger partial charge in [-0.1, -0.05) is 6.07 Å². The molecule has 1 aromatic rings. The molecule has 72 valence electrons. The van der Waals surface area contributed by atoms with Crippen molar-refractivity contribution in [2.45, 2.75) is 20.0 Å². The number of para-hydroxylation sites is 1. The first-order valence-electron chi connectivity index (χ1n) is 4.14. The van der Waals surface area contributed by atoms with E-state index < -0.39 is 5.82 Å². The molecule has 0 atom stereocenters. The van der Waals surface area contributed by atoms with Gasteiger partial charge in [-0.05, 0) is 26.0 Å². The zero-order valence-corrected chi connectivity index (χ0v) is 8.00. The van der Waals surface area contributed by atoms with Gasteiger partial charge in [-0.3, -0.25) is 0 Å². The fourth-order valence-corrected chi connectivity index (χ4v) is 1.03. The highest BCUT2D eigenvalue weighted by Crippen LogP contribution is 2.30. The second-order valence-corrected chi connectivity index (χ2v) is 2.94. The van der Waals surface area contributed by atoms with Gasteiger partial charge in [0.1, 0.15) is 0 Å². The largest absolute Gasteiger partial charge is 0.490 e. The molecule has 3 heteroatoms. The standard InChI is InChI=1S/C10H13FO2/c1-7(2)13-9-6-4-5-8(11)10(9)12-3/h4-7H,1-3H3. The normalized spacial score (nSPS) is 10.2. The van der Waals surface area contributed by atoms with Crippen LogP contribution >= 0.6 is 0 Å². The minimum Gasteiger partial charge on any atom is -0.490 e. The van der Waals surface area contributed by atoms with Gasteiger partial charge >= 0.3 is 0 Å². The van der Waals surface area contributed by atoms with E-state index >= 15 is 0 Å². The molecular weight excluding hydrogens is 171 g/mol. The third kappa shape index (κ3) is 2.34. The van der Waals surface area contributed by atoms with E-state index in [9.17, 15) is 4.39 Å². The van der Waals surface area contributed by atoms with Gasteiger partial charge in [-0.15, -0.1) is 0 Å². The molecule has 0 aliphatic carbocycles. The number of hydrogen-bond donors (Lipinski definition) is 0. The Hall–Kier alpha value is -1.25. The summed E-state index contributed by atoms with van der Waals surface area (Å²) in [5, 5.41) is 0. The summed E-state index contributed by atoms with van der Waals surface area (Å²) in [6.45, 7) is 3.76. The van der Waals surface area contributed by atoms with Crippen molar-refractivity contribution < 1.29 is 13.9 Å². The fraction of sp³-hybridized carbons (Fsp3) is 0.400. The minimum absolute atomic E-state index is 0.00991. The minimum atomic E-state index is -0.402. The Morgan fingerprint density at radius 3 is 2.54 bits per heavy atom. The second kappa shape index (κ2) is 4.12. The number of ether oxygens (including phenoxy) is 2. The van der Waals surface area contributed by atoms with Crippen molar-refractivity contribution in [3.8, 4) is 11.5 Å². The monoisotopic (exact) mass is 184 g/mol. The molecule has 0 spiro atoms.